The number of thiophene rings is 1. The summed E-state index contributed by atoms with van der Waals surface area (Å²) in [5.74, 6) is -0.00518. The Morgan fingerprint density at radius 1 is 1.00 bits per heavy atom. The number of fused-ring (bicyclic) bond motifs is 2. The molecule has 0 bridgehead atoms. The number of nitrogens with zero attached hydrogens (tertiary/aromatic N) is 2. The Balaban J connectivity index is 1.76. The van der Waals surface area contributed by atoms with E-state index in [0.717, 1.165) is 15.9 Å². The molecule has 0 N–H and O–H groups in total. The molecule has 0 aliphatic rings. The van der Waals surface area contributed by atoms with Gasteiger partial charge in [-0.25, -0.2) is 0 Å². The van der Waals surface area contributed by atoms with Crippen LogP contribution in [0.5, 0.6) is 0 Å². The summed E-state index contributed by atoms with van der Waals surface area (Å²) in [5, 5.41) is 3.26. The van der Waals surface area contributed by atoms with Crippen LogP contribution in [0.1, 0.15) is 4.88 Å². The van der Waals surface area contributed by atoms with Crippen LogP contribution >= 0.6 is 11.3 Å². The fourth-order valence-electron chi connectivity index (χ4n) is 3.57. The summed E-state index contributed by atoms with van der Waals surface area (Å²) in [7, 11) is 1.64. The zero-order chi connectivity index (χ0) is 20.2. The molecule has 0 radical (unpaired) electrons. The molecule has 0 saturated carbocycles. The Labute approximate surface area is 172 Å². The first kappa shape index (κ1) is 19.4. The molecule has 5 nitrogen and oxygen atoms in total. The topological polar surface area (TPSA) is 51.5 Å². The van der Waals surface area contributed by atoms with Crippen LogP contribution in [0.25, 0.3) is 21.8 Å². The van der Waals surface area contributed by atoms with Gasteiger partial charge in [0.2, 0.25) is 5.91 Å². The van der Waals surface area contributed by atoms with Crippen molar-refractivity contribution in [3.05, 3.63) is 81.1 Å². The average molecular weight is 407 g/mol. The molecule has 2 heterocycles. The monoisotopic (exact) mass is 406 g/mol. The van der Waals surface area contributed by atoms with E-state index in [4.69, 9.17) is 4.74 Å². The fraction of sp³-hybridized carbons (Fsp3) is 0.217. The number of hydrogen-bond acceptors (Lipinski definition) is 4. The number of para-hydroxylation sites is 2. The van der Waals surface area contributed by atoms with Gasteiger partial charge in [0, 0.05) is 29.3 Å². The van der Waals surface area contributed by atoms with Crippen LogP contribution in [0.4, 0.5) is 0 Å². The van der Waals surface area contributed by atoms with Gasteiger partial charge in [0.1, 0.15) is 6.54 Å². The minimum absolute atomic E-state index is 0.00489. The van der Waals surface area contributed by atoms with Crippen molar-refractivity contribution in [3.8, 4) is 0 Å². The number of rotatable bonds is 7. The summed E-state index contributed by atoms with van der Waals surface area (Å²) in [6.45, 7) is 1.71. The summed E-state index contributed by atoms with van der Waals surface area (Å²) in [5.41, 5.74) is 1.54. The first-order valence-corrected chi connectivity index (χ1v) is 10.4. The fourth-order valence-corrected chi connectivity index (χ4v) is 4.29. The van der Waals surface area contributed by atoms with E-state index in [-0.39, 0.29) is 17.9 Å². The van der Waals surface area contributed by atoms with E-state index in [1.165, 1.54) is 0 Å². The van der Waals surface area contributed by atoms with Crippen LogP contribution in [-0.4, -0.2) is 35.6 Å². The van der Waals surface area contributed by atoms with Gasteiger partial charge in [-0.2, -0.15) is 0 Å². The maximum absolute atomic E-state index is 13.3. The Morgan fingerprint density at radius 3 is 2.24 bits per heavy atom. The standard InChI is InChI=1S/C23H22N2O3S/c1-28-13-12-24(15-17-7-6-14-29-17)22(26)16-25-20-10-4-2-8-18(20)23(27)19-9-3-5-11-21(19)25/h2-11,14H,12-13,15-16H2,1H3. The number of aromatic nitrogens is 1. The first-order chi connectivity index (χ1) is 14.2. The van der Waals surface area contributed by atoms with Crippen LogP contribution < -0.4 is 5.43 Å². The molecule has 0 unspecified atom stereocenters. The molecule has 2 aromatic carbocycles. The lowest BCUT2D eigenvalue weighted by Gasteiger charge is -2.24. The van der Waals surface area contributed by atoms with Crippen LogP contribution in [0.2, 0.25) is 0 Å². The minimum atomic E-state index is -0.00518. The van der Waals surface area contributed by atoms with E-state index in [0.29, 0.717) is 30.5 Å². The van der Waals surface area contributed by atoms with E-state index in [9.17, 15) is 9.59 Å². The van der Waals surface area contributed by atoms with Gasteiger partial charge in [-0.1, -0.05) is 30.3 Å². The highest BCUT2D eigenvalue weighted by molar-refractivity contribution is 7.09. The number of methoxy groups -OCH3 is 1. The molecule has 4 rings (SSSR count). The molecule has 0 aliphatic heterocycles. The molecule has 0 spiro atoms. The largest absolute Gasteiger partial charge is 0.383 e. The Bertz CT molecular complexity index is 1140. The Morgan fingerprint density at radius 2 is 1.66 bits per heavy atom. The summed E-state index contributed by atoms with van der Waals surface area (Å²) in [6, 6.07) is 18.9. The first-order valence-electron chi connectivity index (χ1n) is 9.48. The van der Waals surface area contributed by atoms with Crippen molar-refractivity contribution in [2.75, 3.05) is 20.3 Å². The molecular formula is C23H22N2O3S. The molecule has 29 heavy (non-hydrogen) atoms. The number of carbonyl (C=O) groups is 1. The smallest absolute Gasteiger partial charge is 0.242 e. The number of pyridine rings is 1. The quantitative estimate of drug-likeness (QED) is 0.438. The maximum Gasteiger partial charge on any atom is 0.242 e. The van der Waals surface area contributed by atoms with Crippen LogP contribution in [0, 0.1) is 0 Å². The number of carbonyl (C=O) groups excluding carboxylic acids is 1. The normalized spacial score (nSPS) is 11.2. The van der Waals surface area contributed by atoms with Crippen molar-refractivity contribution in [2.45, 2.75) is 13.1 Å². The molecular weight excluding hydrogens is 384 g/mol. The van der Waals surface area contributed by atoms with Crippen molar-refractivity contribution in [1.29, 1.82) is 0 Å². The predicted octanol–water partition coefficient (Wildman–Crippen LogP) is 3.89. The number of hydrogen-bond donors (Lipinski definition) is 0. The van der Waals surface area contributed by atoms with Gasteiger partial charge in [-0.3, -0.25) is 9.59 Å². The second-order valence-electron chi connectivity index (χ2n) is 6.84. The lowest BCUT2D eigenvalue weighted by molar-refractivity contribution is -0.132. The third-order valence-electron chi connectivity index (χ3n) is 5.02. The zero-order valence-corrected chi connectivity index (χ0v) is 17.0. The van der Waals surface area contributed by atoms with Crippen molar-refractivity contribution in [2.24, 2.45) is 0 Å². The highest BCUT2D eigenvalue weighted by Gasteiger charge is 2.18. The SMILES string of the molecule is COCCN(Cc1cccs1)C(=O)Cn1c2ccccc2c(=O)c2ccccc21. The van der Waals surface area contributed by atoms with Crippen molar-refractivity contribution in [3.63, 3.8) is 0 Å². The van der Waals surface area contributed by atoms with Crippen molar-refractivity contribution < 1.29 is 9.53 Å². The van der Waals surface area contributed by atoms with E-state index >= 15 is 0 Å². The molecule has 0 aliphatic carbocycles. The number of benzene rings is 2. The van der Waals surface area contributed by atoms with E-state index in [1.54, 1.807) is 18.4 Å². The third kappa shape index (κ3) is 3.95. The second-order valence-corrected chi connectivity index (χ2v) is 7.87. The lowest BCUT2D eigenvalue weighted by atomic mass is 10.1. The van der Waals surface area contributed by atoms with Gasteiger partial charge in [-0.05, 0) is 35.7 Å². The molecule has 4 aromatic rings. The van der Waals surface area contributed by atoms with Crippen molar-refractivity contribution in [1.82, 2.24) is 9.47 Å². The zero-order valence-electron chi connectivity index (χ0n) is 16.2. The van der Waals surface area contributed by atoms with Gasteiger partial charge in [0.15, 0.2) is 5.43 Å². The summed E-state index contributed by atoms with van der Waals surface area (Å²) in [6.07, 6.45) is 0. The molecule has 0 saturated heterocycles. The van der Waals surface area contributed by atoms with E-state index < -0.39 is 0 Å². The Hall–Kier alpha value is -2.96. The molecule has 0 fully saturated rings. The molecule has 0 atom stereocenters. The Kier molecular flexibility index (Phi) is 5.74. The predicted molar refractivity (Wildman–Crippen MR) is 117 cm³/mol. The minimum Gasteiger partial charge on any atom is -0.383 e. The van der Waals surface area contributed by atoms with Gasteiger partial charge in [-0.15, -0.1) is 11.3 Å². The third-order valence-corrected chi connectivity index (χ3v) is 5.88. The van der Waals surface area contributed by atoms with Gasteiger partial charge in [0.05, 0.1) is 24.2 Å². The van der Waals surface area contributed by atoms with Crippen LogP contribution in [0.15, 0.2) is 70.8 Å². The number of amides is 1. The van der Waals surface area contributed by atoms with E-state index in [2.05, 4.69) is 0 Å². The molecule has 1 amide bonds. The number of ether oxygens (including phenoxy) is 1. The summed E-state index contributed by atoms with van der Waals surface area (Å²) < 4.78 is 7.16. The molecule has 148 valence electrons. The highest BCUT2D eigenvalue weighted by atomic mass is 32.1. The summed E-state index contributed by atoms with van der Waals surface area (Å²) >= 11 is 1.63. The maximum atomic E-state index is 13.3. The second kappa shape index (κ2) is 8.59. The average Bonchev–Trinajstić information content (AvgIpc) is 3.27. The van der Waals surface area contributed by atoms with Crippen LogP contribution in [-0.2, 0) is 22.6 Å². The van der Waals surface area contributed by atoms with Crippen molar-refractivity contribution >= 4 is 39.0 Å². The molecule has 2 aromatic heterocycles. The highest BCUT2D eigenvalue weighted by Crippen LogP contribution is 2.20. The lowest BCUT2D eigenvalue weighted by Crippen LogP contribution is -2.36. The van der Waals surface area contributed by atoms with Gasteiger partial charge in [0.25, 0.3) is 0 Å². The van der Waals surface area contributed by atoms with Gasteiger partial charge < -0.3 is 14.2 Å². The van der Waals surface area contributed by atoms with Crippen LogP contribution in [0.3, 0.4) is 0 Å². The summed E-state index contributed by atoms with van der Waals surface area (Å²) in [4.78, 5) is 29.1. The molecule has 6 heteroatoms. The van der Waals surface area contributed by atoms with E-state index in [1.807, 2.05) is 75.5 Å². The van der Waals surface area contributed by atoms with Gasteiger partial charge >= 0.3 is 0 Å².